The van der Waals surface area contributed by atoms with Gasteiger partial charge in [0, 0.05) is 92.4 Å². The molecule has 1 saturated heterocycles. The Bertz CT molecular complexity index is 2330. The second-order valence-corrected chi connectivity index (χ2v) is 18.0. The van der Waals surface area contributed by atoms with Crippen molar-refractivity contribution in [2.24, 2.45) is 45.5 Å². The molecule has 7 rings (SSSR count). The molecule has 2 aromatic rings. The summed E-state index contributed by atoms with van der Waals surface area (Å²) in [7, 11) is 0. The third-order valence-electron chi connectivity index (χ3n) is 12.9. The average molecular weight is 845 g/mol. The minimum atomic E-state index is -2.02. The number of benzene rings is 2. The predicted molar refractivity (Wildman–Crippen MR) is 226 cm³/mol. The average Bonchev–Trinajstić information content (AvgIpc) is 3.71. The van der Waals surface area contributed by atoms with Crippen molar-refractivity contribution in [3.8, 4) is 17.2 Å². The van der Waals surface area contributed by atoms with Crippen molar-refractivity contribution in [1.29, 1.82) is 0 Å². The molecule has 2 aromatic carbocycles. The number of esters is 1. The fourth-order valence-corrected chi connectivity index (χ4v) is 9.12. The van der Waals surface area contributed by atoms with Crippen molar-refractivity contribution in [3.63, 3.8) is 0 Å². The molecule has 5 aliphatic rings. The second-order valence-electron chi connectivity index (χ2n) is 18.0. The molecule has 0 aliphatic carbocycles. The van der Waals surface area contributed by atoms with E-state index in [0.717, 1.165) is 12.8 Å². The summed E-state index contributed by atoms with van der Waals surface area (Å²) in [6.45, 7) is 19.1. The highest BCUT2D eigenvalue weighted by atomic mass is 16.7. The number of aliphatic hydroxyl groups is 2. The maximum atomic E-state index is 14.7. The maximum Gasteiger partial charge on any atom is 0.312 e. The first-order chi connectivity index (χ1) is 28.6. The van der Waals surface area contributed by atoms with Crippen LogP contribution in [0.25, 0.3) is 10.8 Å². The SMILES string of the molecule is CC(=O)O[C@H]1[C@H](C)[C@H](O)[C@H](C)[C@@H](O)[C@@H](C)/C=C/C=C(/C)C(=O)Nc2c(O)c3c(O)c(C)c4c(c3c3c2=NC2(CCN(CC(C)C)CC2)N=3)C(=O)[C@@](C)(O/C=C/[C@H](C=O)[C@H]1C)O4. The Morgan fingerprint density at radius 2 is 1.64 bits per heavy atom. The molecule has 5 bridgehead atoms. The molecular formula is C46H60N4O11. The number of ether oxygens (including phenoxy) is 3. The van der Waals surface area contributed by atoms with Gasteiger partial charge < -0.3 is 49.6 Å². The number of rotatable bonds is 4. The number of anilines is 1. The standard InChI is InChI=1S/C46H60N4O11/c1-22(2)20-50-17-15-46(16-18-50)48-34-31-32-39(55)28(8)42-33(31)43(57)45(10,61-42)59-19-14-30(21-51)25(5)41(60-29(9)52)27(7)38(54)26(6)37(53)23(3)12-11-13-24(4)44(58)47-36(40(32)56)35(34)49-46/h11-14,19,21-23,25-27,30,37-38,41,53-56H,15-18,20H2,1-10H3,(H,47,58)/b12-11+,19-14+,24-13-/t23-,25+,26+,27+,30+,37-,38+,41+,45-/m0/s1. The first kappa shape index (κ1) is 45.4. The number of aldehydes is 1. The lowest BCUT2D eigenvalue weighted by Gasteiger charge is -2.37. The number of hydrogen-bond acceptors (Lipinski definition) is 14. The van der Waals surface area contributed by atoms with Crippen LogP contribution >= 0.6 is 0 Å². The summed E-state index contributed by atoms with van der Waals surface area (Å²) in [6, 6.07) is 0. The van der Waals surface area contributed by atoms with Crippen LogP contribution in [0.5, 0.6) is 17.2 Å². The van der Waals surface area contributed by atoms with Crippen molar-refractivity contribution < 1.29 is 53.8 Å². The monoisotopic (exact) mass is 844 g/mol. The number of nitrogens with zero attached hydrogens (tertiary/aromatic N) is 3. The van der Waals surface area contributed by atoms with Crippen molar-refractivity contribution in [2.45, 2.75) is 112 Å². The number of allylic oxidation sites excluding steroid dienone is 3. The number of amides is 1. The lowest BCUT2D eigenvalue weighted by molar-refractivity contribution is -0.159. The van der Waals surface area contributed by atoms with E-state index in [1.807, 2.05) is 0 Å². The summed E-state index contributed by atoms with van der Waals surface area (Å²) in [4.78, 5) is 66.1. The number of carbonyl (C=O) groups excluding carboxylic acids is 4. The van der Waals surface area contributed by atoms with Crippen LogP contribution in [0, 0.1) is 42.4 Å². The van der Waals surface area contributed by atoms with E-state index in [4.69, 9.17) is 24.2 Å². The number of piperidine rings is 1. The number of nitrogens with one attached hydrogen (secondary N) is 1. The number of phenols is 2. The van der Waals surface area contributed by atoms with Crippen LogP contribution < -0.4 is 20.8 Å². The minimum Gasteiger partial charge on any atom is -0.507 e. The molecule has 330 valence electrons. The number of ketones is 1. The smallest absolute Gasteiger partial charge is 0.312 e. The van der Waals surface area contributed by atoms with Gasteiger partial charge in [-0.25, -0.2) is 0 Å². The highest BCUT2D eigenvalue weighted by Gasteiger charge is 2.50. The van der Waals surface area contributed by atoms with Gasteiger partial charge in [-0.1, -0.05) is 59.8 Å². The van der Waals surface area contributed by atoms with E-state index in [2.05, 4.69) is 24.1 Å². The Morgan fingerprint density at radius 1 is 0.984 bits per heavy atom. The quantitative estimate of drug-likeness (QED) is 0.163. The number of phenolic OH excluding ortho intramolecular Hbond substituents is 2. The molecule has 15 nitrogen and oxygen atoms in total. The molecule has 1 spiro atoms. The van der Waals surface area contributed by atoms with Gasteiger partial charge in [0.15, 0.2) is 11.4 Å². The molecule has 5 heterocycles. The van der Waals surface area contributed by atoms with Crippen LogP contribution in [-0.2, 0) is 23.9 Å². The van der Waals surface area contributed by atoms with Crippen molar-refractivity contribution in [3.05, 3.63) is 58.0 Å². The molecule has 0 aromatic heterocycles. The van der Waals surface area contributed by atoms with Crippen LogP contribution in [0.15, 0.2) is 46.1 Å². The summed E-state index contributed by atoms with van der Waals surface area (Å²) >= 11 is 0. The summed E-state index contributed by atoms with van der Waals surface area (Å²) in [5.41, 5.74) is -0.697. The normalized spacial score (nSPS) is 32.6. The summed E-state index contributed by atoms with van der Waals surface area (Å²) < 4.78 is 18.0. The fraction of sp³-hybridized carbons (Fsp3) is 0.565. The second kappa shape index (κ2) is 17.3. The summed E-state index contributed by atoms with van der Waals surface area (Å²) in [6.07, 6.45) is 5.88. The molecule has 1 amide bonds. The van der Waals surface area contributed by atoms with Gasteiger partial charge in [-0.15, -0.1) is 0 Å². The zero-order valence-electron chi connectivity index (χ0n) is 36.7. The minimum absolute atomic E-state index is 0.00184. The maximum absolute atomic E-state index is 14.7. The van der Waals surface area contributed by atoms with E-state index in [1.54, 1.807) is 52.8 Å². The number of aromatic hydroxyl groups is 2. The highest BCUT2D eigenvalue weighted by molar-refractivity contribution is 6.19. The molecular weight excluding hydrogens is 785 g/mol. The third-order valence-corrected chi connectivity index (χ3v) is 12.9. The molecule has 9 atom stereocenters. The Labute approximate surface area is 355 Å². The molecule has 0 unspecified atom stereocenters. The van der Waals surface area contributed by atoms with Crippen LogP contribution in [0.2, 0.25) is 0 Å². The van der Waals surface area contributed by atoms with Crippen LogP contribution in [0.4, 0.5) is 5.69 Å². The van der Waals surface area contributed by atoms with Crippen molar-refractivity contribution in [1.82, 2.24) is 4.90 Å². The van der Waals surface area contributed by atoms with Gasteiger partial charge in [0.1, 0.15) is 34.9 Å². The van der Waals surface area contributed by atoms with Crippen LogP contribution in [-0.4, -0.2) is 98.7 Å². The van der Waals surface area contributed by atoms with Gasteiger partial charge in [-0.3, -0.25) is 24.4 Å². The van der Waals surface area contributed by atoms with Gasteiger partial charge in [0.25, 0.3) is 11.7 Å². The number of Topliss-reactive ketones (excluding diaryl/α,β-unsaturated/α-hetero) is 1. The number of hydrogen-bond donors (Lipinski definition) is 5. The zero-order chi connectivity index (χ0) is 44.9. The number of fused-ring (bicyclic) bond motifs is 13. The summed E-state index contributed by atoms with van der Waals surface area (Å²) in [5, 5.41) is 49.9. The van der Waals surface area contributed by atoms with E-state index in [0.29, 0.717) is 38.1 Å². The molecule has 0 radical (unpaired) electrons. The Morgan fingerprint density at radius 3 is 2.26 bits per heavy atom. The van der Waals surface area contributed by atoms with Crippen molar-refractivity contribution in [2.75, 3.05) is 25.0 Å². The lowest BCUT2D eigenvalue weighted by atomic mass is 9.77. The predicted octanol–water partition coefficient (Wildman–Crippen LogP) is 4.55. The topological polar surface area (TPSA) is 217 Å². The summed E-state index contributed by atoms with van der Waals surface area (Å²) in [5.74, 6) is -7.96. The highest BCUT2D eigenvalue weighted by Crippen LogP contribution is 2.50. The van der Waals surface area contributed by atoms with Gasteiger partial charge in [-0.05, 0) is 25.8 Å². The van der Waals surface area contributed by atoms with Crippen molar-refractivity contribution >= 4 is 40.4 Å². The Kier molecular flexibility index (Phi) is 12.9. The molecule has 5 N–H and O–H groups in total. The molecule has 61 heavy (non-hydrogen) atoms. The van der Waals surface area contributed by atoms with E-state index in [9.17, 15) is 39.6 Å². The Balaban J connectivity index is 1.54. The molecule has 5 aliphatic heterocycles. The van der Waals surface area contributed by atoms with Gasteiger partial charge >= 0.3 is 11.8 Å². The fourth-order valence-electron chi connectivity index (χ4n) is 9.12. The van der Waals surface area contributed by atoms with Crippen LogP contribution in [0.3, 0.4) is 0 Å². The molecule has 1 fully saturated rings. The Hall–Kier alpha value is -5.12. The number of likely N-dealkylation sites (tertiary alicyclic amines) is 1. The van der Waals surface area contributed by atoms with E-state index < -0.39 is 88.5 Å². The van der Waals surface area contributed by atoms with E-state index >= 15 is 0 Å². The van der Waals surface area contributed by atoms with E-state index in [1.165, 1.54) is 26.8 Å². The number of aliphatic hydroxyl groups excluding tert-OH is 2. The molecule has 0 saturated carbocycles. The zero-order valence-corrected chi connectivity index (χ0v) is 36.7. The molecule has 15 heteroatoms. The van der Waals surface area contributed by atoms with Crippen LogP contribution in [0.1, 0.15) is 91.1 Å². The first-order valence-electron chi connectivity index (χ1n) is 21.1. The third kappa shape index (κ3) is 8.44. The lowest BCUT2D eigenvalue weighted by Crippen LogP contribution is -2.45. The first-order valence-corrected chi connectivity index (χ1v) is 21.1. The van der Waals surface area contributed by atoms with Gasteiger partial charge in [-0.2, -0.15) is 0 Å². The van der Waals surface area contributed by atoms with E-state index in [-0.39, 0.29) is 49.6 Å². The number of carbonyl (C=O) groups is 4. The largest absolute Gasteiger partial charge is 0.507 e. The van der Waals surface area contributed by atoms with Gasteiger partial charge in [0.05, 0.1) is 34.8 Å². The van der Waals surface area contributed by atoms with Gasteiger partial charge in [0.2, 0.25) is 0 Å².